The number of rotatable bonds is 8. The Hall–Kier alpha value is -0.340. The van der Waals surface area contributed by atoms with Crippen LogP contribution in [0, 0.1) is 52.3 Å². The highest BCUT2D eigenvalue weighted by molar-refractivity contribution is 5.27. The van der Waals surface area contributed by atoms with E-state index in [4.69, 9.17) is 9.47 Å². The standard InChI is InChI=1S/C31H52O2.C2H6/c1-21(2)8-6-7-9-24-10-12-27-25-11-13-26-22(3)29(33-20-23-18-32-19-23)15-17-31(26,5)28(25)14-16-30(24,27)4;1-2/h13,21-25,27-29H,6-12,14-20H2,1-5H3;1-2H3. The zero-order valence-electron chi connectivity index (χ0n) is 24.4. The molecule has 0 aromatic rings. The largest absolute Gasteiger partial charge is 0.381 e. The van der Waals surface area contributed by atoms with Gasteiger partial charge in [-0.05, 0) is 91.8 Å². The fraction of sp³-hybridized carbons (Fsp3) is 0.939. The molecule has 2 heteroatoms. The molecule has 0 aromatic heterocycles. The zero-order valence-corrected chi connectivity index (χ0v) is 24.4. The van der Waals surface area contributed by atoms with Crippen molar-refractivity contribution in [3.05, 3.63) is 11.6 Å². The number of unbranched alkanes of at least 4 members (excludes halogenated alkanes) is 1. The molecule has 5 rings (SSSR count). The highest BCUT2D eigenvalue weighted by atomic mass is 16.5. The third-order valence-corrected chi connectivity index (χ3v) is 11.6. The van der Waals surface area contributed by atoms with Crippen LogP contribution in [0.5, 0.6) is 0 Å². The maximum absolute atomic E-state index is 6.47. The van der Waals surface area contributed by atoms with Gasteiger partial charge in [0.05, 0.1) is 25.9 Å². The molecule has 0 N–H and O–H groups in total. The van der Waals surface area contributed by atoms with Gasteiger partial charge < -0.3 is 9.47 Å². The molecule has 0 bridgehead atoms. The van der Waals surface area contributed by atoms with Crippen molar-refractivity contribution in [3.8, 4) is 0 Å². The van der Waals surface area contributed by atoms with Crippen LogP contribution in [0.1, 0.15) is 119 Å². The van der Waals surface area contributed by atoms with Crippen LogP contribution < -0.4 is 0 Å². The summed E-state index contributed by atoms with van der Waals surface area (Å²) in [6.45, 7) is 19.3. The Kier molecular flexibility index (Phi) is 9.17. The number of hydrogen-bond donors (Lipinski definition) is 0. The second-order valence-corrected chi connectivity index (χ2v) is 13.8. The van der Waals surface area contributed by atoms with Crippen LogP contribution in [0.2, 0.25) is 0 Å². The lowest BCUT2D eigenvalue weighted by molar-refractivity contribution is -0.110. The van der Waals surface area contributed by atoms with Gasteiger partial charge in [-0.25, -0.2) is 0 Å². The predicted octanol–water partition coefficient (Wildman–Crippen LogP) is 9.09. The van der Waals surface area contributed by atoms with Crippen LogP contribution >= 0.6 is 0 Å². The third kappa shape index (κ3) is 5.32. The van der Waals surface area contributed by atoms with E-state index in [9.17, 15) is 0 Å². The molecule has 1 aliphatic heterocycles. The normalized spacial score (nSPS) is 42.8. The minimum Gasteiger partial charge on any atom is -0.381 e. The highest BCUT2D eigenvalue weighted by Gasteiger charge is 2.59. The Labute approximate surface area is 218 Å². The van der Waals surface area contributed by atoms with Crippen molar-refractivity contribution in [1.82, 2.24) is 0 Å². The van der Waals surface area contributed by atoms with Crippen molar-refractivity contribution in [1.29, 1.82) is 0 Å². The van der Waals surface area contributed by atoms with Gasteiger partial charge in [0.1, 0.15) is 0 Å². The molecule has 202 valence electrons. The van der Waals surface area contributed by atoms with Gasteiger partial charge in [0.2, 0.25) is 0 Å². The lowest BCUT2D eigenvalue weighted by Gasteiger charge is -2.59. The minimum atomic E-state index is 0.428. The van der Waals surface area contributed by atoms with Crippen LogP contribution in [-0.4, -0.2) is 25.9 Å². The lowest BCUT2D eigenvalue weighted by atomic mass is 9.46. The molecule has 0 radical (unpaired) electrons. The monoisotopic (exact) mass is 486 g/mol. The van der Waals surface area contributed by atoms with Crippen molar-refractivity contribution in [2.45, 2.75) is 125 Å². The Morgan fingerprint density at radius 3 is 2.46 bits per heavy atom. The van der Waals surface area contributed by atoms with Crippen molar-refractivity contribution < 1.29 is 9.47 Å². The molecule has 4 fully saturated rings. The maximum atomic E-state index is 6.47. The van der Waals surface area contributed by atoms with Crippen molar-refractivity contribution in [3.63, 3.8) is 0 Å². The van der Waals surface area contributed by atoms with Gasteiger partial charge >= 0.3 is 0 Å². The molecule has 0 aromatic carbocycles. The van der Waals surface area contributed by atoms with Crippen molar-refractivity contribution >= 4 is 0 Å². The van der Waals surface area contributed by atoms with Gasteiger partial charge in [-0.2, -0.15) is 0 Å². The summed E-state index contributed by atoms with van der Waals surface area (Å²) < 4.78 is 11.8. The molecule has 8 atom stereocenters. The van der Waals surface area contributed by atoms with Gasteiger partial charge in [0.15, 0.2) is 0 Å². The molecule has 0 spiro atoms. The number of hydrogen-bond acceptors (Lipinski definition) is 2. The predicted molar refractivity (Wildman–Crippen MR) is 148 cm³/mol. The first kappa shape index (κ1) is 27.7. The first-order valence-electron chi connectivity index (χ1n) is 15.7. The average Bonchev–Trinajstić information content (AvgIpc) is 3.14. The summed E-state index contributed by atoms with van der Waals surface area (Å²) in [5.74, 6) is 5.93. The molecule has 1 saturated heterocycles. The molecule has 8 unspecified atom stereocenters. The van der Waals surface area contributed by atoms with Crippen LogP contribution in [0.4, 0.5) is 0 Å². The van der Waals surface area contributed by atoms with E-state index in [1.807, 2.05) is 13.8 Å². The van der Waals surface area contributed by atoms with Gasteiger partial charge in [-0.15, -0.1) is 0 Å². The molecule has 1 heterocycles. The minimum absolute atomic E-state index is 0.428. The van der Waals surface area contributed by atoms with Gasteiger partial charge in [-0.1, -0.05) is 79.4 Å². The van der Waals surface area contributed by atoms with E-state index < -0.39 is 0 Å². The van der Waals surface area contributed by atoms with E-state index in [-0.39, 0.29) is 0 Å². The number of fused-ring (bicyclic) bond motifs is 5. The van der Waals surface area contributed by atoms with E-state index in [0.717, 1.165) is 49.4 Å². The summed E-state index contributed by atoms with van der Waals surface area (Å²) in [5.41, 5.74) is 2.83. The Morgan fingerprint density at radius 1 is 1.00 bits per heavy atom. The maximum Gasteiger partial charge on any atom is 0.0638 e. The Bertz CT molecular complexity index is 708. The lowest BCUT2D eigenvalue weighted by Crippen LogP contribution is -2.52. The first-order chi connectivity index (χ1) is 16.8. The summed E-state index contributed by atoms with van der Waals surface area (Å²) in [7, 11) is 0. The van der Waals surface area contributed by atoms with Gasteiger partial charge in [0, 0.05) is 11.8 Å². The summed E-state index contributed by atoms with van der Waals surface area (Å²) in [5, 5.41) is 0. The van der Waals surface area contributed by atoms with Crippen LogP contribution in [0.3, 0.4) is 0 Å². The highest BCUT2D eigenvalue weighted by Crippen LogP contribution is 2.67. The third-order valence-electron chi connectivity index (χ3n) is 11.6. The second kappa shape index (κ2) is 11.6. The fourth-order valence-electron chi connectivity index (χ4n) is 9.44. The second-order valence-electron chi connectivity index (χ2n) is 13.8. The molecule has 2 nitrogen and oxygen atoms in total. The van der Waals surface area contributed by atoms with Crippen molar-refractivity contribution in [2.24, 2.45) is 52.3 Å². The van der Waals surface area contributed by atoms with Crippen LogP contribution in [0.15, 0.2) is 11.6 Å². The topological polar surface area (TPSA) is 18.5 Å². The summed E-state index contributed by atoms with van der Waals surface area (Å²) >= 11 is 0. The number of ether oxygens (including phenoxy) is 2. The molecular formula is C33H58O2. The molecule has 4 aliphatic carbocycles. The molecule has 3 saturated carbocycles. The quantitative estimate of drug-likeness (QED) is 0.251. The van der Waals surface area contributed by atoms with Gasteiger partial charge in [-0.3, -0.25) is 0 Å². The Balaban J connectivity index is 0.00000141. The van der Waals surface area contributed by atoms with Crippen LogP contribution in [-0.2, 0) is 9.47 Å². The summed E-state index contributed by atoms with van der Waals surface area (Å²) in [6.07, 6.45) is 18.9. The first-order valence-corrected chi connectivity index (χ1v) is 15.7. The molecular weight excluding hydrogens is 428 g/mol. The van der Waals surface area contributed by atoms with E-state index >= 15 is 0 Å². The smallest absolute Gasteiger partial charge is 0.0638 e. The summed E-state index contributed by atoms with van der Waals surface area (Å²) in [4.78, 5) is 0. The van der Waals surface area contributed by atoms with Gasteiger partial charge in [0.25, 0.3) is 0 Å². The van der Waals surface area contributed by atoms with E-state index in [2.05, 4.69) is 40.7 Å². The average molecular weight is 487 g/mol. The van der Waals surface area contributed by atoms with E-state index in [1.165, 1.54) is 70.6 Å². The number of allylic oxidation sites excluding steroid dienone is 1. The Morgan fingerprint density at radius 2 is 1.77 bits per heavy atom. The van der Waals surface area contributed by atoms with E-state index in [1.54, 1.807) is 5.57 Å². The zero-order chi connectivity index (χ0) is 25.2. The molecule has 35 heavy (non-hydrogen) atoms. The summed E-state index contributed by atoms with van der Waals surface area (Å²) in [6, 6.07) is 0. The van der Waals surface area contributed by atoms with Crippen molar-refractivity contribution in [2.75, 3.05) is 19.8 Å². The van der Waals surface area contributed by atoms with E-state index in [0.29, 0.717) is 28.8 Å². The SMILES string of the molecule is CC.CC(C)CCCCC1CCC2C3CC=C4C(C)C(OCC5COC5)CCC4(C)C3CCC12C. The van der Waals surface area contributed by atoms with Crippen LogP contribution in [0.25, 0.3) is 0 Å². The fourth-order valence-corrected chi connectivity index (χ4v) is 9.44. The molecule has 0 amide bonds. The molecule has 5 aliphatic rings.